The summed E-state index contributed by atoms with van der Waals surface area (Å²) in [5.41, 5.74) is 1.33. The molecule has 0 aliphatic carbocycles. The van der Waals surface area contributed by atoms with Gasteiger partial charge in [0, 0.05) is 36.8 Å². The molecular formula is C13H17N3O2S2. The van der Waals surface area contributed by atoms with Crippen molar-refractivity contribution in [2.75, 3.05) is 24.3 Å². The molecule has 7 heteroatoms. The van der Waals surface area contributed by atoms with Gasteiger partial charge in [0.15, 0.2) is 9.84 Å². The van der Waals surface area contributed by atoms with Gasteiger partial charge in [0.05, 0.1) is 10.4 Å². The number of benzene rings is 1. The standard InChI is InChI=1S/C13H17N3O2S2/c1-20(17,18)11-4-2-3-10-13(11)16-12(15-10)7-9-8-19-6-5-14-9/h2-4,9,14H,5-8H2,1H3,(H,15,16). The lowest BCUT2D eigenvalue weighted by Crippen LogP contribution is -2.39. The van der Waals surface area contributed by atoms with Crippen LogP contribution in [0.3, 0.4) is 0 Å². The number of nitrogens with one attached hydrogen (secondary N) is 2. The summed E-state index contributed by atoms with van der Waals surface area (Å²) in [6, 6.07) is 5.62. The summed E-state index contributed by atoms with van der Waals surface area (Å²) < 4.78 is 23.6. The minimum absolute atomic E-state index is 0.295. The zero-order valence-electron chi connectivity index (χ0n) is 11.2. The molecule has 1 aromatic heterocycles. The highest BCUT2D eigenvalue weighted by molar-refractivity contribution is 7.99. The van der Waals surface area contributed by atoms with Gasteiger partial charge in [-0.25, -0.2) is 13.4 Å². The van der Waals surface area contributed by atoms with Gasteiger partial charge < -0.3 is 10.3 Å². The van der Waals surface area contributed by atoms with Gasteiger partial charge in [0.1, 0.15) is 11.3 Å². The Bertz CT molecular complexity index is 718. The van der Waals surface area contributed by atoms with Gasteiger partial charge in [0.25, 0.3) is 0 Å². The van der Waals surface area contributed by atoms with Crippen LogP contribution in [0.25, 0.3) is 11.0 Å². The first-order chi connectivity index (χ1) is 9.54. The monoisotopic (exact) mass is 311 g/mol. The van der Waals surface area contributed by atoms with Gasteiger partial charge >= 0.3 is 0 Å². The van der Waals surface area contributed by atoms with Gasteiger partial charge in [-0.05, 0) is 12.1 Å². The quantitative estimate of drug-likeness (QED) is 0.891. The maximum absolute atomic E-state index is 11.8. The van der Waals surface area contributed by atoms with Gasteiger partial charge in [-0.15, -0.1) is 0 Å². The smallest absolute Gasteiger partial charge is 0.177 e. The molecule has 1 fully saturated rings. The van der Waals surface area contributed by atoms with Crippen LogP contribution in [0.2, 0.25) is 0 Å². The van der Waals surface area contributed by atoms with E-state index in [0.717, 1.165) is 35.8 Å². The molecule has 0 radical (unpaired) electrons. The van der Waals surface area contributed by atoms with Crippen LogP contribution in [0.4, 0.5) is 0 Å². The minimum Gasteiger partial charge on any atom is -0.342 e. The molecule has 2 aromatic rings. The van der Waals surface area contributed by atoms with Crippen LogP contribution < -0.4 is 5.32 Å². The van der Waals surface area contributed by atoms with Crippen molar-refractivity contribution < 1.29 is 8.42 Å². The van der Waals surface area contributed by atoms with Crippen LogP contribution in [-0.4, -0.2) is 48.7 Å². The molecule has 2 N–H and O–H groups in total. The number of para-hydroxylation sites is 1. The number of aromatic nitrogens is 2. The molecule has 0 bridgehead atoms. The Morgan fingerprint density at radius 1 is 1.45 bits per heavy atom. The maximum Gasteiger partial charge on any atom is 0.177 e. The van der Waals surface area contributed by atoms with E-state index in [0.29, 0.717) is 16.5 Å². The molecule has 3 rings (SSSR count). The predicted molar refractivity (Wildman–Crippen MR) is 82.0 cm³/mol. The fraction of sp³-hybridized carbons (Fsp3) is 0.462. The van der Waals surface area contributed by atoms with Crippen molar-refractivity contribution in [2.24, 2.45) is 0 Å². The Hall–Kier alpha value is -1.05. The second-order valence-corrected chi connectivity index (χ2v) is 8.17. The van der Waals surface area contributed by atoms with E-state index in [2.05, 4.69) is 15.3 Å². The molecular weight excluding hydrogens is 294 g/mol. The SMILES string of the molecule is CS(=O)(=O)c1cccc2[nH]c(CC3CSCCN3)nc12. The number of nitrogens with zero attached hydrogens (tertiary/aromatic N) is 1. The third-order valence-electron chi connectivity index (χ3n) is 3.36. The minimum atomic E-state index is -3.25. The zero-order chi connectivity index (χ0) is 14.2. The van der Waals surface area contributed by atoms with E-state index in [4.69, 9.17) is 0 Å². The molecule has 2 heterocycles. The van der Waals surface area contributed by atoms with Crippen molar-refractivity contribution in [3.63, 3.8) is 0 Å². The summed E-state index contributed by atoms with van der Waals surface area (Å²) in [4.78, 5) is 8.01. The lowest BCUT2D eigenvalue weighted by atomic mass is 10.2. The molecule has 1 aliphatic heterocycles. The zero-order valence-corrected chi connectivity index (χ0v) is 12.9. The molecule has 20 heavy (non-hydrogen) atoms. The number of rotatable bonds is 3. The second kappa shape index (κ2) is 5.38. The molecule has 1 unspecified atom stereocenters. The van der Waals surface area contributed by atoms with E-state index in [-0.39, 0.29) is 0 Å². The fourth-order valence-corrected chi connectivity index (χ4v) is 4.22. The van der Waals surface area contributed by atoms with Crippen LogP contribution in [-0.2, 0) is 16.3 Å². The molecule has 1 aromatic carbocycles. The summed E-state index contributed by atoms with van der Waals surface area (Å²) in [6.07, 6.45) is 2.01. The third-order valence-corrected chi connectivity index (χ3v) is 5.62. The van der Waals surface area contributed by atoms with Crippen molar-refractivity contribution in [1.29, 1.82) is 0 Å². The second-order valence-electron chi connectivity index (χ2n) is 5.04. The van der Waals surface area contributed by atoms with Crippen molar-refractivity contribution in [3.8, 4) is 0 Å². The largest absolute Gasteiger partial charge is 0.342 e. The Balaban J connectivity index is 1.94. The van der Waals surface area contributed by atoms with Crippen LogP contribution in [0.5, 0.6) is 0 Å². The highest BCUT2D eigenvalue weighted by atomic mass is 32.2. The van der Waals surface area contributed by atoms with Gasteiger partial charge in [-0.3, -0.25) is 0 Å². The molecule has 0 saturated carbocycles. The highest BCUT2D eigenvalue weighted by Gasteiger charge is 2.18. The van der Waals surface area contributed by atoms with Crippen molar-refractivity contribution in [1.82, 2.24) is 15.3 Å². The number of aromatic amines is 1. The molecule has 5 nitrogen and oxygen atoms in total. The molecule has 1 atom stereocenters. The summed E-state index contributed by atoms with van der Waals surface area (Å²) in [6.45, 7) is 1.02. The lowest BCUT2D eigenvalue weighted by Gasteiger charge is -2.21. The number of hydrogen-bond donors (Lipinski definition) is 2. The van der Waals surface area contributed by atoms with Crippen molar-refractivity contribution in [3.05, 3.63) is 24.0 Å². The van der Waals surface area contributed by atoms with Crippen LogP contribution in [0, 0.1) is 0 Å². The normalized spacial score (nSPS) is 20.4. The van der Waals surface area contributed by atoms with E-state index in [1.807, 2.05) is 17.8 Å². The predicted octanol–water partition coefficient (Wildman–Crippen LogP) is 1.21. The first kappa shape index (κ1) is 13.9. The highest BCUT2D eigenvalue weighted by Crippen LogP contribution is 2.22. The van der Waals surface area contributed by atoms with Crippen LogP contribution in [0.1, 0.15) is 5.82 Å². The van der Waals surface area contributed by atoms with Gasteiger partial charge in [-0.1, -0.05) is 6.07 Å². The van der Waals surface area contributed by atoms with Crippen molar-refractivity contribution in [2.45, 2.75) is 17.4 Å². The average Bonchev–Trinajstić information content (AvgIpc) is 2.80. The topological polar surface area (TPSA) is 74.8 Å². The van der Waals surface area contributed by atoms with E-state index in [1.165, 1.54) is 6.26 Å². The summed E-state index contributed by atoms with van der Waals surface area (Å²) >= 11 is 1.94. The summed E-state index contributed by atoms with van der Waals surface area (Å²) in [7, 11) is -3.25. The van der Waals surface area contributed by atoms with E-state index < -0.39 is 9.84 Å². The third kappa shape index (κ3) is 2.84. The number of H-pyrrole nitrogens is 1. The summed E-state index contributed by atoms with van der Waals surface area (Å²) in [5.74, 6) is 3.06. The number of fused-ring (bicyclic) bond motifs is 1. The maximum atomic E-state index is 11.8. The molecule has 0 amide bonds. The van der Waals surface area contributed by atoms with Crippen molar-refractivity contribution >= 4 is 32.6 Å². The van der Waals surface area contributed by atoms with E-state index in [9.17, 15) is 8.42 Å². The molecule has 108 valence electrons. The number of thioether (sulfide) groups is 1. The van der Waals surface area contributed by atoms with E-state index in [1.54, 1.807) is 12.1 Å². The first-order valence-electron chi connectivity index (χ1n) is 6.53. The van der Waals surface area contributed by atoms with Crippen LogP contribution >= 0.6 is 11.8 Å². The first-order valence-corrected chi connectivity index (χ1v) is 9.57. The molecule has 1 saturated heterocycles. The Kier molecular flexibility index (Phi) is 3.74. The van der Waals surface area contributed by atoms with Gasteiger partial charge in [-0.2, -0.15) is 11.8 Å². The Morgan fingerprint density at radius 2 is 2.30 bits per heavy atom. The number of imidazole rings is 1. The lowest BCUT2D eigenvalue weighted by molar-refractivity contribution is 0.553. The number of hydrogen-bond acceptors (Lipinski definition) is 5. The van der Waals surface area contributed by atoms with Gasteiger partial charge in [0.2, 0.25) is 0 Å². The number of sulfone groups is 1. The fourth-order valence-electron chi connectivity index (χ4n) is 2.44. The van der Waals surface area contributed by atoms with Crippen LogP contribution in [0.15, 0.2) is 23.1 Å². The Labute approximate surface area is 122 Å². The summed E-state index contributed by atoms with van der Waals surface area (Å²) in [5, 5.41) is 3.46. The average molecular weight is 311 g/mol. The molecule has 0 spiro atoms. The van der Waals surface area contributed by atoms with E-state index >= 15 is 0 Å². The molecule has 1 aliphatic rings. The Morgan fingerprint density at radius 3 is 3.00 bits per heavy atom.